The van der Waals surface area contributed by atoms with Crippen molar-refractivity contribution in [2.45, 2.75) is 24.3 Å². The van der Waals surface area contributed by atoms with E-state index in [1.165, 1.54) is 27.7 Å². The summed E-state index contributed by atoms with van der Waals surface area (Å²) >= 11 is 2.73. The predicted octanol–water partition coefficient (Wildman–Crippen LogP) is 5.09. The van der Waals surface area contributed by atoms with Crippen LogP contribution in [-0.4, -0.2) is 20.7 Å². The van der Waals surface area contributed by atoms with Gasteiger partial charge in [-0.05, 0) is 31.5 Å². The van der Waals surface area contributed by atoms with Crippen LogP contribution in [0.5, 0.6) is 0 Å². The van der Waals surface area contributed by atoms with Crippen molar-refractivity contribution < 1.29 is 4.79 Å². The van der Waals surface area contributed by atoms with E-state index < -0.39 is 5.25 Å². The summed E-state index contributed by atoms with van der Waals surface area (Å²) in [6.07, 6.45) is 0. The Morgan fingerprint density at radius 2 is 1.83 bits per heavy atom. The van der Waals surface area contributed by atoms with E-state index >= 15 is 0 Å². The molecule has 1 atom stereocenters. The van der Waals surface area contributed by atoms with Gasteiger partial charge in [-0.25, -0.2) is 4.98 Å². The molecule has 30 heavy (non-hydrogen) atoms. The molecule has 0 aliphatic rings. The van der Waals surface area contributed by atoms with Gasteiger partial charge in [-0.1, -0.05) is 59.8 Å². The van der Waals surface area contributed by atoms with Gasteiger partial charge in [0.2, 0.25) is 5.91 Å². The number of amides is 1. The van der Waals surface area contributed by atoms with Gasteiger partial charge in [0, 0.05) is 23.7 Å². The number of thioether (sulfide) groups is 1. The third-order valence-electron chi connectivity index (χ3n) is 4.83. The van der Waals surface area contributed by atoms with Crippen molar-refractivity contribution in [2.24, 2.45) is 7.05 Å². The van der Waals surface area contributed by atoms with Gasteiger partial charge in [-0.15, -0.1) is 11.3 Å². The first-order valence-electron chi connectivity index (χ1n) is 9.52. The molecule has 1 N–H and O–H groups in total. The Bertz CT molecular complexity index is 1260. The van der Waals surface area contributed by atoms with E-state index in [9.17, 15) is 9.59 Å². The van der Waals surface area contributed by atoms with Crippen LogP contribution in [0.25, 0.3) is 21.3 Å². The number of nitrogens with zero attached hydrogens (tertiary/aromatic N) is 2. The monoisotopic (exact) mass is 435 g/mol. The Morgan fingerprint density at radius 1 is 1.13 bits per heavy atom. The SMILES string of the molecule is Cc1ccc(NC(=O)C(C)Sc2nc3scc(-c4ccccc4)c3c(=O)n2C)cc1. The Balaban J connectivity index is 1.60. The summed E-state index contributed by atoms with van der Waals surface area (Å²) in [5, 5.41) is 5.62. The van der Waals surface area contributed by atoms with Crippen molar-refractivity contribution >= 4 is 44.9 Å². The second-order valence-corrected chi connectivity index (χ2v) is 9.24. The molecule has 1 unspecified atom stereocenters. The molecule has 152 valence electrons. The van der Waals surface area contributed by atoms with Crippen molar-refractivity contribution in [1.29, 1.82) is 0 Å². The molecule has 0 fully saturated rings. The molecule has 0 saturated heterocycles. The molecular weight excluding hydrogens is 414 g/mol. The second-order valence-electron chi connectivity index (χ2n) is 7.07. The maximum atomic E-state index is 13.1. The molecule has 0 aliphatic carbocycles. The number of rotatable bonds is 5. The summed E-state index contributed by atoms with van der Waals surface area (Å²) in [5.74, 6) is -0.130. The minimum absolute atomic E-state index is 0.103. The summed E-state index contributed by atoms with van der Waals surface area (Å²) in [4.78, 5) is 31.1. The number of aryl methyl sites for hydroxylation is 1. The Labute approximate surface area is 182 Å². The van der Waals surface area contributed by atoms with Crippen LogP contribution >= 0.6 is 23.1 Å². The Morgan fingerprint density at radius 3 is 2.53 bits per heavy atom. The molecule has 2 heterocycles. The number of carbonyl (C=O) groups is 1. The van der Waals surface area contributed by atoms with Crippen LogP contribution in [0.4, 0.5) is 5.69 Å². The van der Waals surface area contributed by atoms with E-state index in [0.29, 0.717) is 15.4 Å². The molecule has 0 bridgehead atoms. The molecule has 0 spiro atoms. The third-order valence-corrected chi connectivity index (χ3v) is 6.85. The zero-order valence-electron chi connectivity index (χ0n) is 16.9. The van der Waals surface area contributed by atoms with E-state index in [2.05, 4.69) is 10.3 Å². The second kappa shape index (κ2) is 8.45. The van der Waals surface area contributed by atoms with Crippen molar-refractivity contribution in [3.63, 3.8) is 0 Å². The average molecular weight is 436 g/mol. The predicted molar refractivity (Wildman–Crippen MR) is 125 cm³/mol. The van der Waals surface area contributed by atoms with E-state index in [1.54, 1.807) is 7.05 Å². The lowest BCUT2D eigenvalue weighted by atomic mass is 10.1. The molecular formula is C23H21N3O2S2. The fraction of sp³-hybridized carbons (Fsp3) is 0.174. The first-order valence-corrected chi connectivity index (χ1v) is 11.3. The van der Waals surface area contributed by atoms with Crippen LogP contribution < -0.4 is 10.9 Å². The van der Waals surface area contributed by atoms with Crippen LogP contribution in [0.2, 0.25) is 0 Å². The van der Waals surface area contributed by atoms with Crippen LogP contribution in [-0.2, 0) is 11.8 Å². The highest BCUT2D eigenvalue weighted by Gasteiger charge is 2.20. The largest absolute Gasteiger partial charge is 0.325 e. The van der Waals surface area contributed by atoms with Crippen LogP contribution in [0, 0.1) is 6.92 Å². The van der Waals surface area contributed by atoms with E-state index in [-0.39, 0.29) is 11.5 Å². The zero-order chi connectivity index (χ0) is 21.3. The van der Waals surface area contributed by atoms with Crippen molar-refractivity contribution in [2.75, 3.05) is 5.32 Å². The number of thiophene rings is 1. The summed E-state index contributed by atoms with van der Waals surface area (Å²) in [5.41, 5.74) is 3.67. The van der Waals surface area contributed by atoms with Crippen molar-refractivity contribution in [1.82, 2.24) is 9.55 Å². The number of aromatic nitrogens is 2. The van der Waals surface area contributed by atoms with Gasteiger partial charge in [0.05, 0.1) is 10.6 Å². The van der Waals surface area contributed by atoms with E-state index in [1.807, 2.05) is 73.8 Å². The zero-order valence-corrected chi connectivity index (χ0v) is 18.5. The third kappa shape index (κ3) is 4.04. The molecule has 5 nitrogen and oxygen atoms in total. The summed E-state index contributed by atoms with van der Waals surface area (Å²) in [6.45, 7) is 3.81. The van der Waals surface area contributed by atoms with Gasteiger partial charge in [0.1, 0.15) is 4.83 Å². The minimum atomic E-state index is -0.407. The molecule has 4 aromatic rings. The molecule has 0 radical (unpaired) electrons. The van der Waals surface area contributed by atoms with Gasteiger partial charge in [0.15, 0.2) is 5.16 Å². The first kappa shape index (κ1) is 20.4. The smallest absolute Gasteiger partial charge is 0.263 e. The quantitative estimate of drug-likeness (QED) is 0.350. The van der Waals surface area contributed by atoms with E-state index in [0.717, 1.165) is 22.4 Å². The summed E-state index contributed by atoms with van der Waals surface area (Å²) in [7, 11) is 1.70. The lowest BCUT2D eigenvalue weighted by Crippen LogP contribution is -2.25. The number of benzene rings is 2. The maximum Gasteiger partial charge on any atom is 0.263 e. The normalized spacial score (nSPS) is 12.1. The standard InChI is InChI=1S/C23H21N3O2S2/c1-14-9-11-17(12-10-14)24-20(27)15(2)30-23-25-21-19(22(28)26(23)3)18(13-29-21)16-7-5-4-6-8-16/h4-13,15H,1-3H3,(H,24,27). The number of anilines is 1. The number of fused-ring (bicyclic) bond motifs is 1. The van der Waals surface area contributed by atoms with Gasteiger partial charge in [0.25, 0.3) is 5.56 Å². The molecule has 2 aromatic heterocycles. The summed E-state index contributed by atoms with van der Waals surface area (Å²) in [6, 6.07) is 17.5. The highest BCUT2D eigenvalue weighted by molar-refractivity contribution is 8.00. The fourth-order valence-corrected chi connectivity index (χ4v) is 4.94. The average Bonchev–Trinajstić information content (AvgIpc) is 3.18. The molecule has 1 amide bonds. The lowest BCUT2D eigenvalue weighted by Gasteiger charge is -2.14. The first-order chi connectivity index (χ1) is 14.4. The topological polar surface area (TPSA) is 64.0 Å². The Kier molecular flexibility index (Phi) is 5.74. The van der Waals surface area contributed by atoms with E-state index in [4.69, 9.17) is 0 Å². The number of nitrogens with one attached hydrogen (secondary N) is 1. The molecule has 0 aliphatic heterocycles. The van der Waals surface area contributed by atoms with Crippen LogP contribution in [0.1, 0.15) is 12.5 Å². The molecule has 2 aromatic carbocycles. The fourth-order valence-electron chi connectivity index (χ4n) is 3.08. The van der Waals surface area contributed by atoms with Gasteiger partial charge in [-0.2, -0.15) is 0 Å². The highest BCUT2D eigenvalue weighted by atomic mass is 32.2. The molecule has 4 rings (SSSR count). The Hall–Kier alpha value is -2.90. The molecule has 0 saturated carbocycles. The number of hydrogen-bond donors (Lipinski definition) is 1. The van der Waals surface area contributed by atoms with Crippen molar-refractivity contribution in [3.05, 3.63) is 75.9 Å². The number of hydrogen-bond acceptors (Lipinski definition) is 5. The van der Waals surface area contributed by atoms with Crippen LogP contribution in [0.15, 0.2) is 69.9 Å². The van der Waals surface area contributed by atoms with Gasteiger partial charge < -0.3 is 5.32 Å². The lowest BCUT2D eigenvalue weighted by molar-refractivity contribution is -0.115. The number of carbonyl (C=O) groups excluding carboxylic acids is 1. The summed E-state index contributed by atoms with van der Waals surface area (Å²) < 4.78 is 1.53. The van der Waals surface area contributed by atoms with Crippen LogP contribution in [0.3, 0.4) is 0 Å². The van der Waals surface area contributed by atoms with Crippen molar-refractivity contribution in [3.8, 4) is 11.1 Å². The minimum Gasteiger partial charge on any atom is -0.325 e. The maximum absolute atomic E-state index is 13.1. The molecule has 7 heteroatoms. The highest BCUT2D eigenvalue weighted by Crippen LogP contribution is 2.32. The van der Waals surface area contributed by atoms with Gasteiger partial charge in [-0.3, -0.25) is 14.2 Å². The van der Waals surface area contributed by atoms with Gasteiger partial charge >= 0.3 is 0 Å².